The number of aromatic hydroxyl groups is 1. The highest BCUT2D eigenvalue weighted by Gasteiger charge is 2.26. The monoisotopic (exact) mass is 355 g/mol. The van der Waals surface area contributed by atoms with Crippen molar-refractivity contribution in [2.75, 3.05) is 5.75 Å². The topological polar surface area (TPSA) is 142 Å². The third-order valence-electron chi connectivity index (χ3n) is 3.27. The number of benzene rings is 1. The largest absolute Gasteiger partial charge is 0.508 e. The van der Waals surface area contributed by atoms with Gasteiger partial charge in [0.25, 0.3) is 0 Å². The quantitative estimate of drug-likeness (QED) is 0.339. The van der Waals surface area contributed by atoms with Gasteiger partial charge in [0, 0.05) is 12.2 Å². The Balaban J connectivity index is 2.89. The molecule has 24 heavy (non-hydrogen) atoms. The van der Waals surface area contributed by atoms with Crippen molar-refractivity contribution in [2.45, 2.75) is 31.5 Å². The number of rotatable bonds is 8. The number of carbonyl (C=O) groups is 3. The Morgan fingerprint density at radius 2 is 1.75 bits per heavy atom. The van der Waals surface area contributed by atoms with Crippen LogP contribution in [0.15, 0.2) is 24.3 Å². The van der Waals surface area contributed by atoms with Gasteiger partial charge in [0.2, 0.25) is 11.8 Å². The Hall–Kier alpha value is -2.26. The van der Waals surface area contributed by atoms with E-state index in [0.717, 1.165) is 0 Å². The lowest BCUT2D eigenvalue weighted by atomic mass is 10.0. The van der Waals surface area contributed by atoms with Crippen LogP contribution in [0.5, 0.6) is 5.75 Å². The summed E-state index contributed by atoms with van der Waals surface area (Å²) in [5.41, 5.74) is 6.26. The molecule has 0 fully saturated rings. The zero-order valence-electron chi connectivity index (χ0n) is 13.1. The summed E-state index contributed by atoms with van der Waals surface area (Å²) in [6.07, 6.45) is 0.115. The number of nitrogens with two attached hydrogens (primary N) is 1. The highest BCUT2D eigenvalue weighted by Crippen LogP contribution is 2.11. The number of phenolic OH excluding ortho intramolecular Hbond substituents is 1. The molecule has 0 aliphatic rings. The zero-order valence-corrected chi connectivity index (χ0v) is 14.0. The van der Waals surface area contributed by atoms with Crippen LogP contribution in [-0.2, 0) is 20.8 Å². The van der Waals surface area contributed by atoms with Gasteiger partial charge in [-0.2, -0.15) is 12.6 Å². The lowest BCUT2D eigenvalue weighted by molar-refractivity contribution is -0.141. The van der Waals surface area contributed by atoms with Crippen molar-refractivity contribution in [1.82, 2.24) is 10.6 Å². The van der Waals surface area contributed by atoms with Crippen LogP contribution >= 0.6 is 12.6 Å². The van der Waals surface area contributed by atoms with E-state index in [9.17, 15) is 19.5 Å². The predicted molar refractivity (Wildman–Crippen MR) is 90.8 cm³/mol. The van der Waals surface area contributed by atoms with E-state index >= 15 is 0 Å². The molecular formula is C15H21N3O5S. The molecule has 8 nitrogen and oxygen atoms in total. The molecule has 0 saturated carbocycles. The lowest BCUT2D eigenvalue weighted by Gasteiger charge is -2.21. The second-order valence-corrected chi connectivity index (χ2v) is 5.65. The van der Waals surface area contributed by atoms with Gasteiger partial charge in [-0.05, 0) is 24.6 Å². The molecule has 0 aliphatic carbocycles. The van der Waals surface area contributed by atoms with Crippen molar-refractivity contribution in [3.8, 4) is 5.75 Å². The van der Waals surface area contributed by atoms with Crippen molar-refractivity contribution in [1.29, 1.82) is 0 Å². The van der Waals surface area contributed by atoms with Gasteiger partial charge >= 0.3 is 5.97 Å². The number of hydrogen-bond donors (Lipinski definition) is 6. The third-order valence-corrected chi connectivity index (χ3v) is 3.67. The summed E-state index contributed by atoms with van der Waals surface area (Å²) in [6, 6.07) is 3.10. The minimum atomic E-state index is -1.19. The SMILES string of the molecule is CC(NC(=O)C(Cc1ccc(O)cc1)NC(=O)C(N)CS)C(=O)O. The van der Waals surface area contributed by atoms with Crippen molar-refractivity contribution in [3.05, 3.63) is 29.8 Å². The van der Waals surface area contributed by atoms with Crippen LogP contribution in [0.4, 0.5) is 0 Å². The molecule has 0 bridgehead atoms. The second-order valence-electron chi connectivity index (χ2n) is 5.29. The molecule has 1 aromatic rings. The Labute approximate surface area is 144 Å². The smallest absolute Gasteiger partial charge is 0.325 e. The van der Waals surface area contributed by atoms with E-state index in [4.69, 9.17) is 10.8 Å². The molecule has 0 spiro atoms. The number of carboxylic acids is 1. The molecule has 1 rings (SSSR count). The fourth-order valence-corrected chi connectivity index (χ4v) is 1.98. The standard InChI is InChI=1S/C15H21N3O5S/c1-8(15(22)23)17-14(21)12(18-13(20)11(16)7-24)6-9-2-4-10(19)5-3-9/h2-5,8,11-12,19,24H,6-7,16H2,1H3,(H,17,21)(H,18,20)(H,22,23). The van der Waals surface area contributed by atoms with Gasteiger partial charge in [0.1, 0.15) is 17.8 Å². The first-order valence-corrected chi connectivity index (χ1v) is 7.85. The van der Waals surface area contributed by atoms with Crippen molar-refractivity contribution >= 4 is 30.4 Å². The summed E-state index contributed by atoms with van der Waals surface area (Å²) < 4.78 is 0. The number of thiol groups is 1. The van der Waals surface area contributed by atoms with E-state index in [-0.39, 0.29) is 17.9 Å². The average molecular weight is 355 g/mol. The molecule has 3 unspecified atom stereocenters. The molecule has 2 amide bonds. The van der Waals surface area contributed by atoms with E-state index in [0.29, 0.717) is 5.56 Å². The Kier molecular flexibility index (Phi) is 7.53. The number of hydrogen-bond acceptors (Lipinski definition) is 6. The van der Waals surface area contributed by atoms with E-state index < -0.39 is 35.9 Å². The molecule has 9 heteroatoms. The molecule has 0 aliphatic heterocycles. The number of amides is 2. The van der Waals surface area contributed by atoms with Crippen molar-refractivity contribution < 1.29 is 24.6 Å². The molecule has 3 atom stereocenters. The molecule has 0 heterocycles. The van der Waals surface area contributed by atoms with Crippen LogP contribution in [0.1, 0.15) is 12.5 Å². The van der Waals surface area contributed by atoms with Gasteiger partial charge in [0.15, 0.2) is 0 Å². The zero-order chi connectivity index (χ0) is 18.3. The third kappa shape index (κ3) is 6.09. The summed E-state index contributed by atoms with van der Waals surface area (Å²) >= 11 is 3.93. The van der Waals surface area contributed by atoms with Gasteiger partial charge in [-0.1, -0.05) is 12.1 Å². The summed E-state index contributed by atoms with van der Waals surface area (Å²) in [5, 5.41) is 23.0. The van der Waals surface area contributed by atoms with Gasteiger partial charge in [-0.3, -0.25) is 14.4 Å². The van der Waals surface area contributed by atoms with Crippen LogP contribution < -0.4 is 16.4 Å². The molecule has 132 valence electrons. The molecular weight excluding hydrogens is 334 g/mol. The number of nitrogens with one attached hydrogen (secondary N) is 2. The number of carbonyl (C=O) groups excluding carboxylic acids is 2. The lowest BCUT2D eigenvalue weighted by Crippen LogP contribution is -2.55. The summed E-state index contributed by atoms with van der Waals surface area (Å²) in [7, 11) is 0. The molecule has 0 aromatic heterocycles. The molecule has 6 N–H and O–H groups in total. The molecule has 1 aromatic carbocycles. The summed E-state index contributed by atoms with van der Waals surface area (Å²) in [6.45, 7) is 1.32. The van der Waals surface area contributed by atoms with Crippen molar-refractivity contribution in [2.24, 2.45) is 5.73 Å². The maximum Gasteiger partial charge on any atom is 0.325 e. The number of carboxylic acid groups (broad SMARTS) is 1. The van der Waals surface area contributed by atoms with Crippen LogP contribution in [0, 0.1) is 0 Å². The second kappa shape index (κ2) is 9.14. The van der Waals surface area contributed by atoms with E-state index in [1.54, 1.807) is 12.1 Å². The Morgan fingerprint density at radius 1 is 1.17 bits per heavy atom. The highest BCUT2D eigenvalue weighted by atomic mass is 32.1. The molecule has 0 saturated heterocycles. The normalized spacial score (nSPS) is 14.3. The highest BCUT2D eigenvalue weighted by molar-refractivity contribution is 7.80. The van der Waals surface area contributed by atoms with Crippen LogP contribution in [-0.4, -0.2) is 51.9 Å². The first-order chi connectivity index (χ1) is 11.2. The average Bonchev–Trinajstić information content (AvgIpc) is 2.54. The van der Waals surface area contributed by atoms with Crippen LogP contribution in [0.25, 0.3) is 0 Å². The van der Waals surface area contributed by atoms with Gasteiger partial charge < -0.3 is 26.6 Å². The van der Waals surface area contributed by atoms with E-state index in [1.165, 1.54) is 19.1 Å². The number of aliphatic carboxylic acids is 1. The fourth-order valence-electron chi connectivity index (χ4n) is 1.81. The Morgan fingerprint density at radius 3 is 2.25 bits per heavy atom. The van der Waals surface area contributed by atoms with Crippen LogP contribution in [0.3, 0.4) is 0 Å². The minimum Gasteiger partial charge on any atom is -0.508 e. The van der Waals surface area contributed by atoms with Gasteiger partial charge in [0.05, 0.1) is 6.04 Å². The van der Waals surface area contributed by atoms with Crippen molar-refractivity contribution in [3.63, 3.8) is 0 Å². The van der Waals surface area contributed by atoms with E-state index in [1.807, 2.05) is 0 Å². The first kappa shape index (κ1) is 19.8. The van der Waals surface area contributed by atoms with Gasteiger partial charge in [-0.25, -0.2) is 0 Å². The molecule has 0 radical (unpaired) electrons. The summed E-state index contributed by atoms with van der Waals surface area (Å²) in [4.78, 5) is 35.1. The summed E-state index contributed by atoms with van der Waals surface area (Å²) in [5.74, 6) is -2.22. The number of phenols is 1. The predicted octanol–water partition coefficient (Wildman–Crippen LogP) is -0.734. The van der Waals surface area contributed by atoms with Crippen LogP contribution in [0.2, 0.25) is 0 Å². The maximum absolute atomic E-state index is 12.3. The fraction of sp³-hybridized carbons (Fsp3) is 0.400. The minimum absolute atomic E-state index is 0.0698. The first-order valence-electron chi connectivity index (χ1n) is 7.22. The van der Waals surface area contributed by atoms with E-state index in [2.05, 4.69) is 23.3 Å². The Bertz CT molecular complexity index is 593. The maximum atomic E-state index is 12.3. The van der Waals surface area contributed by atoms with Gasteiger partial charge in [-0.15, -0.1) is 0 Å².